The number of thiazole rings is 1. The van der Waals surface area contributed by atoms with E-state index in [1.54, 1.807) is 11.3 Å². The van der Waals surface area contributed by atoms with Crippen LogP contribution in [0.15, 0.2) is 54.9 Å². The van der Waals surface area contributed by atoms with Crippen LogP contribution in [-0.4, -0.2) is 46.2 Å². The number of aliphatic hydroxyl groups excluding tert-OH is 1. The average molecular weight is 381 g/mol. The third-order valence-corrected chi connectivity index (χ3v) is 5.98. The van der Waals surface area contributed by atoms with Crippen molar-refractivity contribution in [1.82, 2.24) is 14.9 Å². The van der Waals surface area contributed by atoms with Gasteiger partial charge in [0.15, 0.2) is 5.13 Å². The van der Waals surface area contributed by atoms with Gasteiger partial charge in [-0.2, -0.15) is 0 Å². The molecule has 1 aliphatic rings. The molecule has 1 fully saturated rings. The minimum absolute atomic E-state index is 0.237. The Bertz CT molecular complexity index is 859. The van der Waals surface area contributed by atoms with Gasteiger partial charge in [-0.1, -0.05) is 41.7 Å². The predicted octanol–water partition coefficient (Wildman–Crippen LogP) is 4.12. The second-order valence-corrected chi connectivity index (χ2v) is 7.86. The van der Waals surface area contributed by atoms with Crippen molar-refractivity contribution in [3.63, 3.8) is 0 Å². The minimum Gasteiger partial charge on any atom is -0.395 e. The monoisotopic (exact) mass is 380 g/mol. The summed E-state index contributed by atoms with van der Waals surface area (Å²) in [4.78, 5) is 12.6. The molecule has 140 valence electrons. The molecule has 6 heteroatoms. The Kier molecular flexibility index (Phi) is 5.77. The van der Waals surface area contributed by atoms with Gasteiger partial charge in [-0.05, 0) is 43.6 Å². The Morgan fingerprint density at radius 3 is 2.70 bits per heavy atom. The number of rotatable bonds is 6. The highest BCUT2D eigenvalue weighted by molar-refractivity contribution is 7.18. The molecule has 0 bridgehead atoms. The molecule has 3 aromatic rings. The lowest BCUT2D eigenvalue weighted by molar-refractivity contribution is 0.163. The highest BCUT2D eigenvalue weighted by Gasteiger charge is 2.21. The number of benzene rings is 1. The topological polar surface area (TPSA) is 61.3 Å². The third-order valence-electron chi connectivity index (χ3n) is 5.02. The molecular weight excluding hydrogens is 356 g/mol. The Labute approximate surface area is 163 Å². The van der Waals surface area contributed by atoms with Gasteiger partial charge in [-0.3, -0.25) is 4.98 Å². The lowest BCUT2D eigenvalue weighted by Crippen LogP contribution is -2.35. The Morgan fingerprint density at radius 1 is 1.11 bits per heavy atom. The van der Waals surface area contributed by atoms with E-state index in [-0.39, 0.29) is 6.61 Å². The van der Waals surface area contributed by atoms with E-state index >= 15 is 0 Å². The Morgan fingerprint density at radius 2 is 1.93 bits per heavy atom. The first-order valence-corrected chi connectivity index (χ1v) is 10.2. The molecule has 5 nitrogen and oxygen atoms in total. The molecule has 1 aliphatic heterocycles. The zero-order valence-electron chi connectivity index (χ0n) is 15.2. The summed E-state index contributed by atoms with van der Waals surface area (Å²) in [5.41, 5.74) is 3.36. The molecule has 0 aliphatic carbocycles. The number of piperidine rings is 1. The standard InChI is InChI=1S/C21H24N4OS/c26-13-12-25-10-7-16(8-11-25)19-14-18(6-9-22-19)24-21-23-15-20(27-21)17-4-2-1-3-5-17/h1-6,9,14-16,26H,7-8,10-13H2,(H,22,23,24). The summed E-state index contributed by atoms with van der Waals surface area (Å²) in [5.74, 6) is 0.484. The van der Waals surface area contributed by atoms with Crippen LogP contribution in [0.2, 0.25) is 0 Å². The van der Waals surface area contributed by atoms with Crippen LogP contribution in [0.4, 0.5) is 10.8 Å². The van der Waals surface area contributed by atoms with E-state index in [1.807, 2.05) is 36.7 Å². The van der Waals surface area contributed by atoms with Crippen LogP contribution in [0.1, 0.15) is 24.5 Å². The molecule has 0 atom stereocenters. The Hall–Kier alpha value is -2.28. The van der Waals surface area contributed by atoms with Crippen molar-refractivity contribution in [1.29, 1.82) is 0 Å². The van der Waals surface area contributed by atoms with Crippen molar-refractivity contribution < 1.29 is 5.11 Å². The number of nitrogens with zero attached hydrogens (tertiary/aromatic N) is 3. The van der Waals surface area contributed by atoms with Gasteiger partial charge in [0.25, 0.3) is 0 Å². The summed E-state index contributed by atoms with van der Waals surface area (Å²) in [5, 5.41) is 13.4. The molecule has 1 aromatic carbocycles. The van der Waals surface area contributed by atoms with Crippen LogP contribution in [0.3, 0.4) is 0 Å². The molecular formula is C21H24N4OS. The van der Waals surface area contributed by atoms with Gasteiger partial charge in [0.1, 0.15) is 0 Å². The second kappa shape index (κ2) is 8.61. The largest absolute Gasteiger partial charge is 0.395 e. The molecule has 2 aromatic heterocycles. The van der Waals surface area contributed by atoms with Crippen molar-refractivity contribution in [2.24, 2.45) is 0 Å². The molecule has 1 saturated heterocycles. The first-order chi connectivity index (χ1) is 13.3. The normalized spacial score (nSPS) is 15.7. The molecule has 0 saturated carbocycles. The smallest absolute Gasteiger partial charge is 0.187 e. The number of hydrogen-bond acceptors (Lipinski definition) is 6. The fraction of sp³-hybridized carbons (Fsp3) is 0.333. The number of nitrogens with one attached hydrogen (secondary N) is 1. The summed E-state index contributed by atoms with van der Waals surface area (Å²) < 4.78 is 0. The first-order valence-electron chi connectivity index (χ1n) is 9.39. The summed E-state index contributed by atoms with van der Waals surface area (Å²) in [6, 6.07) is 14.5. The van der Waals surface area contributed by atoms with Gasteiger partial charge in [-0.25, -0.2) is 4.98 Å². The van der Waals surface area contributed by atoms with Crippen molar-refractivity contribution >= 4 is 22.2 Å². The van der Waals surface area contributed by atoms with Crippen LogP contribution in [-0.2, 0) is 0 Å². The van der Waals surface area contributed by atoms with E-state index in [0.717, 1.165) is 53.9 Å². The van der Waals surface area contributed by atoms with Gasteiger partial charge in [0.2, 0.25) is 0 Å². The lowest BCUT2D eigenvalue weighted by atomic mass is 9.93. The number of likely N-dealkylation sites (tertiary alicyclic amines) is 1. The maximum Gasteiger partial charge on any atom is 0.187 e. The third kappa shape index (κ3) is 4.53. The SMILES string of the molecule is OCCN1CCC(c2cc(Nc3ncc(-c4ccccc4)s3)ccn2)CC1. The zero-order valence-corrected chi connectivity index (χ0v) is 16.0. The quantitative estimate of drug-likeness (QED) is 0.674. The maximum atomic E-state index is 9.09. The van der Waals surface area contributed by atoms with Crippen molar-refractivity contribution in [2.45, 2.75) is 18.8 Å². The fourth-order valence-corrected chi connectivity index (χ4v) is 4.38. The second-order valence-electron chi connectivity index (χ2n) is 6.83. The molecule has 0 amide bonds. The molecule has 0 radical (unpaired) electrons. The molecule has 0 spiro atoms. The highest BCUT2D eigenvalue weighted by atomic mass is 32.1. The van der Waals surface area contributed by atoms with Crippen LogP contribution in [0.25, 0.3) is 10.4 Å². The molecule has 0 unspecified atom stereocenters. The minimum atomic E-state index is 0.237. The van der Waals surface area contributed by atoms with E-state index in [4.69, 9.17) is 5.11 Å². The van der Waals surface area contributed by atoms with E-state index in [9.17, 15) is 0 Å². The van der Waals surface area contributed by atoms with E-state index in [2.05, 4.69) is 38.4 Å². The molecule has 3 heterocycles. The molecule has 27 heavy (non-hydrogen) atoms. The number of β-amino-alcohol motifs (C(OH)–C–C–N with tert-alkyl or cyclic N) is 1. The maximum absolute atomic E-state index is 9.09. The number of pyridine rings is 1. The van der Waals surface area contributed by atoms with Gasteiger partial charge in [-0.15, -0.1) is 0 Å². The Balaban J connectivity index is 1.42. The summed E-state index contributed by atoms with van der Waals surface area (Å²) in [6.45, 7) is 3.06. The predicted molar refractivity (Wildman–Crippen MR) is 111 cm³/mol. The van der Waals surface area contributed by atoms with E-state index < -0.39 is 0 Å². The number of hydrogen-bond donors (Lipinski definition) is 2. The van der Waals surface area contributed by atoms with Crippen LogP contribution in [0.5, 0.6) is 0 Å². The van der Waals surface area contributed by atoms with E-state index in [0.29, 0.717) is 5.92 Å². The van der Waals surface area contributed by atoms with E-state index in [1.165, 1.54) is 5.56 Å². The zero-order chi connectivity index (χ0) is 18.5. The van der Waals surface area contributed by atoms with Crippen LogP contribution >= 0.6 is 11.3 Å². The lowest BCUT2D eigenvalue weighted by Gasteiger charge is -2.31. The van der Waals surface area contributed by atoms with Gasteiger partial charge < -0.3 is 15.3 Å². The van der Waals surface area contributed by atoms with Crippen molar-refractivity contribution in [3.05, 3.63) is 60.6 Å². The summed E-state index contributed by atoms with van der Waals surface area (Å²) >= 11 is 1.66. The van der Waals surface area contributed by atoms with Crippen LogP contribution in [0, 0.1) is 0 Å². The summed E-state index contributed by atoms with van der Waals surface area (Å²) in [7, 11) is 0. The van der Waals surface area contributed by atoms with Gasteiger partial charge in [0.05, 0.1) is 11.5 Å². The number of aromatic nitrogens is 2. The summed E-state index contributed by atoms with van der Waals surface area (Å²) in [6.07, 6.45) is 5.97. The molecule has 4 rings (SSSR count). The van der Waals surface area contributed by atoms with Gasteiger partial charge >= 0.3 is 0 Å². The van der Waals surface area contributed by atoms with Gasteiger partial charge in [0, 0.05) is 36.2 Å². The first kappa shape index (κ1) is 18.1. The number of anilines is 2. The average Bonchev–Trinajstić information content (AvgIpc) is 3.18. The fourth-order valence-electron chi connectivity index (χ4n) is 3.53. The highest BCUT2D eigenvalue weighted by Crippen LogP contribution is 2.32. The van der Waals surface area contributed by atoms with Crippen molar-refractivity contribution in [3.8, 4) is 10.4 Å². The molecule has 2 N–H and O–H groups in total. The van der Waals surface area contributed by atoms with Crippen molar-refractivity contribution in [2.75, 3.05) is 31.6 Å². The van der Waals surface area contributed by atoms with Crippen LogP contribution < -0.4 is 5.32 Å². The number of aliphatic hydroxyl groups is 1.